The lowest BCUT2D eigenvalue weighted by atomic mass is 9.92. The van der Waals surface area contributed by atoms with Crippen molar-refractivity contribution in [3.05, 3.63) is 64.2 Å². The number of benzene rings is 2. The Morgan fingerprint density at radius 1 is 1.19 bits per heavy atom. The fourth-order valence-electron chi connectivity index (χ4n) is 4.10. The number of aliphatic hydroxyl groups excluding tert-OH is 1. The van der Waals surface area contributed by atoms with Crippen LogP contribution in [0.2, 0.25) is 0 Å². The van der Waals surface area contributed by atoms with Gasteiger partial charge in [0.2, 0.25) is 0 Å². The summed E-state index contributed by atoms with van der Waals surface area (Å²) in [7, 11) is 0. The number of aliphatic hydroxyl groups is 1. The van der Waals surface area contributed by atoms with E-state index in [0.717, 1.165) is 40.4 Å². The largest absolute Gasteiger partial charge is 0.493 e. The maximum absolute atomic E-state index is 13.3. The SMILES string of the molecule is CCN1C2=C(C(=O)c3c2ccc(OCC(C)C)c3C)C(O)c2ccccc21. The van der Waals surface area contributed by atoms with Gasteiger partial charge >= 0.3 is 0 Å². The molecule has 1 aliphatic carbocycles. The third-order valence-corrected chi connectivity index (χ3v) is 5.35. The molecule has 2 aromatic rings. The smallest absolute Gasteiger partial charge is 0.195 e. The third-order valence-electron chi connectivity index (χ3n) is 5.35. The molecule has 0 fully saturated rings. The topological polar surface area (TPSA) is 49.8 Å². The first-order chi connectivity index (χ1) is 13.0. The van der Waals surface area contributed by atoms with E-state index in [0.29, 0.717) is 23.7 Å². The van der Waals surface area contributed by atoms with E-state index in [1.54, 1.807) is 0 Å². The lowest BCUT2D eigenvalue weighted by Gasteiger charge is -2.34. The minimum Gasteiger partial charge on any atom is -0.493 e. The van der Waals surface area contributed by atoms with Gasteiger partial charge in [0.05, 0.1) is 17.9 Å². The summed E-state index contributed by atoms with van der Waals surface area (Å²) < 4.78 is 5.92. The number of ketones is 1. The predicted octanol–water partition coefficient (Wildman–Crippen LogP) is 4.51. The highest BCUT2D eigenvalue weighted by molar-refractivity contribution is 6.24. The van der Waals surface area contributed by atoms with Crippen LogP contribution in [-0.2, 0) is 0 Å². The highest BCUT2D eigenvalue weighted by atomic mass is 16.5. The molecule has 4 heteroatoms. The fraction of sp³-hybridized carbons (Fsp3) is 0.348. The van der Waals surface area contributed by atoms with Crippen molar-refractivity contribution in [3.8, 4) is 5.75 Å². The molecule has 1 unspecified atom stereocenters. The van der Waals surface area contributed by atoms with Crippen LogP contribution in [-0.4, -0.2) is 24.0 Å². The van der Waals surface area contributed by atoms with E-state index in [1.807, 2.05) is 43.3 Å². The first kappa shape index (κ1) is 17.8. The van der Waals surface area contributed by atoms with Gasteiger partial charge in [-0.2, -0.15) is 0 Å². The monoisotopic (exact) mass is 363 g/mol. The van der Waals surface area contributed by atoms with Crippen LogP contribution in [0.1, 0.15) is 53.9 Å². The average molecular weight is 363 g/mol. The van der Waals surface area contributed by atoms with Crippen molar-refractivity contribution in [2.75, 3.05) is 18.1 Å². The van der Waals surface area contributed by atoms with Crippen molar-refractivity contribution in [1.82, 2.24) is 0 Å². The molecule has 0 amide bonds. The Hall–Kier alpha value is -2.59. The van der Waals surface area contributed by atoms with E-state index >= 15 is 0 Å². The van der Waals surface area contributed by atoms with Crippen LogP contribution in [0.3, 0.4) is 0 Å². The lowest BCUT2D eigenvalue weighted by Crippen LogP contribution is -2.28. The van der Waals surface area contributed by atoms with Gasteiger partial charge in [0.25, 0.3) is 0 Å². The first-order valence-electron chi connectivity index (χ1n) is 9.55. The second-order valence-corrected chi connectivity index (χ2v) is 7.61. The van der Waals surface area contributed by atoms with E-state index in [4.69, 9.17) is 4.74 Å². The van der Waals surface area contributed by atoms with Crippen LogP contribution in [0, 0.1) is 12.8 Å². The van der Waals surface area contributed by atoms with Crippen LogP contribution < -0.4 is 9.64 Å². The second-order valence-electron chi connectivity index (χ2n) is 7.61. The summed E-state index contributed by atoms with van der Waals surface area (Å²) >= 11 is 0. The second kappa shape index (κ2) is 6.54. The van der Waals surface area contributed by atoms with Gasteiger partial charge < -0.3 is 14.7 Å². The number of Topliss-reactive ketones (excluding diaryl/α,β-unsaturated/α-hetero) is 1. The zero-order chi connectivity index (χ0) is 19.3. The Labute approximate surface area is 160 Å². The summed E-state index contributed by atoms with van der Waals surface area (Å²) in [4.78, 5) is 15.5. The molecule has 1 heterocycles. The summed E-state index contributed by atoms with van der Waals surface area (Å²) in [6.45, 7) is 9.52. The highest BCUT2D eigenvalue weighted by Crippen LogP contribution is 2.50. The molecule has 4 nitrogen and oxygen atoms in total. The molecule has 0 radical (unpaired) electrons. The van der Waals surface area contributed by atoms with Crippen LogP contribution >= 0.6 is 0 Å². The number of rotatable bonds is 4. The molecule has 27 heavy (non-hydrogen) atoms. The third kappa shape index (κ3) is 2.59. The number of para-hydroxylation sites is 1. The van der Waals surface area contributed by atoms with E-state index in [2.05, 4.69) is 25.7 Å². The highest BCUT2D eigenvalue weighted by Gasteiger charge is 2.42. The minimum atomic E-state index is -0.904. The van der Waals surface area contributed by atoms with Gasteiger partial charge in [-0.15, -0.1) is 0 Å². The van der Waals surface area contributed by atoms with E-state index in [9.17, 15) is 9.90 Å². The van der Waals surface area contributed by atoms with Crippen molar-refractivity contribution in [2.24, 2.45) is 5.92 Å². The van der Waals surface area contributed by atoms with Crippen molar-refractivity contribution >= 4 is 17.2 Å². The molecule has 140 valence electrons. The lowest BCUT2D eigenvalue weighted by molar-refractivity contribution is 0.0991. The number of carbonyl (C=O) groups excluding carboxylic acids is 1. The van der Waals surface area contributed by atoms with Gasteiger partial charge in [0.1, 0.15) is 11.9 Å². The summed E-state index contributed by atoms with van der Waals surface area (Å²) in [6, 6.07) is 11.7. The van der Waals surface area contributed by atoms with Gasteiger partial charge in [-0.25, -0.2) is 0 Å². The molecule has 1 atom stereocenters. The van der Waals surface area contributed by atoms with Crippen LogP contribution in [0.5, 0.6) is 5.75 Å². The molecule has 0 saturated carbocycles. The number of carbonyl (C=O) groups is 1. The maximum atomic E-state index is 13.3. The standard InChI is InChI=1S/C23H25NO3/c1-5-24-17-9-7-6-8-15(17)22(25)20-21(24)16-10-11-18(27-12-13(2)3)14(4)19(16)23(20)26/h6-11,13,22,25H,5,12H2,1-4H3. The number of hydrogen-bond acceptors (Lipinski definition) is 4. The summed E-state index contributed by atoms with van der Waals surface area (Å²) in [5.41, 5.74) is 5.46. The normalized spacial score (nSPS) is 17.9. The van der Waals surface area contributed by atoms with Crippen molar-refractivity contribution in [2.45, 2.75) is 33.8 Å². The number of ether oxygens (including phenoxy) is 1. The van der Waals surface area contributed by atoms with Gasteiger partial charge in [0.15, 0.2) is 5.78 Å². The van der Waals surface area contributed by atoms with Crippen LogP contribution in [0.25, 0.3) is 5.70 Å². The Kier molecular flexibility index (Phi) is 4.31. The molecule has 0 bridgehead atoms. The number of fused-ring (bicyclic) bond motifs is 3. The van der Waals surface area contributed by atoms with Crippen LogP contribution in [0.15, 0.2) is 42.0 Å². The van der Waals surface area contributed by atoms with Gasteiger partial charge in [0, 0.05) is 34.5 Å². The number of nitrogens with zero attached hydrogens (tertiary/aromatic N) is 1. The Morgan fingerprint density at radius 3 is 2.63 bits per heavy atom. The van der Waals surface area contributed by atoms with Crippen LogP contribution in [0.4, 0.5) is 5.69 Å². The van der Waals surface area contributed by atoms with Gasteiger partial charge in [-0.05, 0) is 38.0 Å². The first-order valence-corrected chi connectivity index (χ1v) is 9.55. The average Bonchev–Trinajstić information content (AvgIpc) is 2.95. The summed E-state index contributed by atoms with van der Waals surface area (Å²) in [6.07, 6.45) is -0.904. The van der Waals surface area contributed by atoms with E-state index in [1.165, 1.54) is 0 Å². The van der Waals surface area contributed by atoms with Crippen molar-refractivity contribution < 1.29 is 14.6 Å². The van der Waals surface area contributed by atoms with Gasteiger partial charge in [-0.3, -0.25) is 4.79 Å². The minimum absolute atomic E-state index is 0.0899. The molecule has 1 aliphatic heterocycles. The Bertz CT molecular complexity index is 958. The molecular weight excluding hydrogens is 338 g/mol. The molecule has 2 aliphatic rings. The molecule has 0 aromatic heterocycles. The van der Waals surface area contributed by atoms with Crippen molar-refractivity contribution in [1.29, 1.82) is 0 Å². The Balaban J connectivity index is 1.85. The zero-order valence-corrected chi connectivity index (χ0v) is 16.2. The molecule has 1 N–H and O–H groups in total. The van der Waals surface area contributed by atoms with E-state index in [-0.39, 0.29) is 5.78 Å². The van der Waals surface area contributed by atoms with Gasteiger partial charge in [-0.1, -0.05) is 32.0 Å². The molecule has 0 saturated heterocycles. The molecule has 0 spiro atoms. The fourth-order valence-corrected chi connectivity index (χ4v) is 4.10. The molecule has 2 aromatic carbocycles. The Morgan fingerprint density at radius 2 is 1.93 bits per heavy atom. The predicted molar refractivity (Wildman–Crippen MR) is 107 cm³/mol. The molecule has 4 rings (SSSR count). The maximum Gasteiger partial charge on any atom is 0.195 e. The summed E-state index contributed by atoms with van der Waals surface area (Å²) in [5, 5.41) is 11.0. The number of anilines is 1. The quantitative estimate of drug-likeness (QED) is 0.868. The van der Waals surface area contributed by atoms with E-state index < -0.39 is 6.10 Å². The number of hydrogen-bond donors (Lipinski definition) is 1. The molecular formula is C23H25NO3. The zero-order valence-electron chi connectivity index (χ0n) is 16.2. The van der Waals surface area contributed by atoms with Crippen molar-refractivity contribution in [3.63, 3.8) is 0 Å². The summed E-state index contributed by atoms with van der Waals surface area (Å²) in [5.74, 6) is 1.06.